The molecule has 1 heterocycles. The molecule has 1 saturated heterocycles. The summed E-state index contributed by atoms with van der Waals surface area (Å²) in [5.74, 6) is 0.0139. The highest BCUT2D eigenvalue weighted by Crippen LogP contribution is 2.26. The number of nitriles is 1. The second kappa shape index (κ2) is 10.3. The third kappa shape index (κ3) is 5.10. The number of carbonyl (C=O) groups is 1. The van der Waals surface area contributed by atoms with E-state index in [0.29, 0.717) is 28.1 Å². The van der Waals surface area contributed by atoms with E-state index >= 15 is 0 Å². The fraction of sp³-hybridized carbons (Fsp3) is 0.261. The van der Waals surface area contributed by atoms with Crippen molar-refractivity contribution < 1.29 is 13.9 Å². The molecule has 0 saturated carbocycles. The van der Waals surface area contributed by atoms with Crippen LogP contribution in [0.3, 0.4) is 0 Å². The van der Waals surface area contributed by atoms with Gasteiger partial charge in [0.1, 0.15) is 17.6 Å². The van der Waals surface area contributed by atoms with Gasteiger partial charge in [-0.2, -0.15) is 5.26 Å². The number of methoxy groups -OCH3 is 1. The van der Waals surface area contributed by atoms with Gasteiger partial charge in [-0.05, 0) is 55.8 Å². The Balaban J connectivity index is 2.00. The molecule has 0 atom stereocenters. The standard InChI is InChI=1S/C23H23FN4O2/c1-30-20-6-4-16(5-7-20)21(14-29)23(17-2-3-18(13-25)22(24)12-17)28-15-27-19-8-10-26-11-9-19/h2-7,12,14-15,19,26H,8-11H2,1H3,(H,27,28)/b23-21+. The Hall–Kier alpha value is -3.50. The van der Waals surface area contributed by atoms with Gasteiger partial charge in [0.2, 0.25) is 0 Å². The highest BCUT2D eigenvalue weighted by atomic mass is 19.1. The van der Waals surface area contributed by atoms with Crippen LogP contribution in [-0.2, 0) is 4.79 Å². The number of hydrogen-bond donors (Lipinski definition) is 2. The number of allylic oxidation sites excluding steroid dienone is 1. The molecule has 0 amide bonds. The predicted molar refractivity (Wildman–Crippen MR) is 115 cm³/mol. The maximum Gasteiger partial charge on any atom is 0.152 e. The van der Waals surface area contributed by atoms with Crippen LogP contribution >= 0.6 is 0 Å². The smallest absolute Gasteiger partial charge is 0.152 e. The number of benzene rings is 2. The van der Waals surface area contributed by atoms with Gasteiger partial charge in [-0.15, -0.1) is 0 Å². The molecule has 7 heteroatoms. The number of aldehydes is 1. The first kappa shape index (κ1) is 21.2. The first-order valence-corrected chi connectivity index (χ1v) is 9.69. The minimum atomic E-state index is -0.649. The van der Waals surface area contributed by atoms with Gasteiger partial charge in [-0.1, -0.05) is 18.2 Å². The number of nitrogens with zero attached hydrogens (tertiary/aromatic N) is 2. The summed E-state index contributed by atoms with van der Waals surface area (Å²) in [7, 11) is 1.56. The monoisotopic (exact) mass is 406 g/mol. The van der Waals surface area contributed by atoms with Crippen LogP contribution in [0.4, 0.5) is 4.39 Å². The molecule has 2 aromatic rings. The summed E-state index contributed by atoms with van der Waals surface area (Å²) in [5.41, 5.74) is 1.79. The van der Waals surface area contributed by atoms with E-state index in [2.05, 4.69) is 15.6 Å². The van der Waals surface area contributed by atoms with E-state index in [4.69, 9.17) is 10.00 Å². The fourth-order valence-corrected chi connectivity index (χ4v) is 3.28. The molecule has 1 aliphatic rings. The van der Waals surface area contributed by atoms with Crippen LogP contribution in [-0.4, -0.2) is 38.9 Å². The molecule has 30 heavy (non-hydrogen) atoms. The lowest BCUT2D eigenvalue weighted by Gasteiger charge is -2.19. The molecule has 0 unspecified atom stereocenters. The average Bonchev–Trinajstić information content (AvgIpc) is 2.79. The van der Waals surface area contributed by atoms with E-state index in [1.807, 2.05) is 6.07 Å². The lowest BCUT2D eigenvalue weighted by atomic mass is 9.99. The molecule has 1 aliphatic heterocycles. The Morgan fingerprint density at radius 3 is 2.53 bits per heavy atom. The molecule has 0 spiro atoms. The van der Waals surface area contributed by atoms with Crippen molar-refractivity contribution in [1.29, 1.82) is 5.26 Å². The summed E-state index contributed by atoms with van der Waals surface area (Å²) in [6.45, 7) is 1.83. The lowest BCUT2D eigenvalue weighted by molar-refractivity contribution is -0.103. The Kier molecular flexibility index (Phi) is 7.30. The average molecular weight is 406 g/mol. The highest BCUT2D eigenvalue weighted by molar-refractivity contribution is 6.17. The van der Waals surface area contributed by atoms with Crippen LogP contribution in [0.2, 0.25) is 0 Å². The van der Waals surface area contributed by atoms with Crippen molar-refractivity contribution in [3.63, 3.8) is 0 Å². The van der Waals surface area contributed by atoms with Gasteiger partial charge in [0.15, 0.2) is 6.29 Å². The Labute approximate surface area is 175 Å². The third-order valence-corrected chi connectivity index (χ3v) is 4.97. The molecule has 1 fully saturated rings. The highest BCUT2D eigenvalue weighted by Gasteiger charge is 2.14. The van der Waals surface area contributed by atoms with Gasteiger partial charge in [0.05, 0.1) is 30.8 Å². The summed E-state index contributed by atoms with van der Waals surface area (Å²) in [4.78, 5) is 16.6. The SMILES string of the molecule is COc1ccc(/C(C=O)=C(/NC=NC2CCNCC2)c2ccc(C#N)c(F)c2)cc1. The molecule has 2 N–H and O–H groups in total. The number of carbonyl (C=O) groups excluding carboxylic acids is 1. The van der Waals surface area contributed by atoms with Crippen molar-refractivity contribution in [2.75, 3.05) is 20.2 Å². The van der Waals surface area contributed by atoms with E-state index < -0.39 is 5.82 Å². The van der Waals surface area contributed by atoms with Crippen molar-refractivity contribution in [2.24, 2.45) is 4.99 Å². The number of ether oxygens (including phenoxy) is 1. The van der Waals surface area contributed by atoms with Gasteiger partial charge in [0.25, 0.3) is 0 Å². The van der Waals surface area contributed by atoms with E-state index in [0.717, 1.165) is 32.2 Å². The summed E-state index contributed by atoms with van der Waals surface area (Å²) in [6.07, 6.45) is 4.15. The van der Waals surface area contributed by atoms with Crippen molar-refractivity contribution in [3.8, 4) is 11.8 Å². The first-order chi connectivity index (χ1) is 14.7. The van der Waals surface area contributed by atoms with Crippen LogP contribution in [0.1, 0.15) is 29.5 Å². The minimum Gasteiger partial charge on any atom is -0.497 e. The molecule has 0 bridgehead atoms. The molecule has 154 valence electrons. The molecule has 3 rings (SSSR count). The molecule has 2 aromatic carbocycles. The Morgan fingerprint density at radius 2 is 1.93 bits per heavy atom. The summed E-state index contributed by atoms with van der Waals surface area (Å²) in [5, 5.41) is 15.4. The first-order valence-electron chi connectivity index (χ1n) is 9.69. The molecular formula is C23H23FN4O2. The zero-order chi connectivity index (χ0) is 21.3. The second-order valence-corrected chi connectivity index (χ2v) is 6.85. The van der Waals surface area contributed by atoms with Crippen LogP contribution < -0.4 is 15.4 Å². The third-order valence-electron chi connectivity index (χ3n) is 4.97. The van der Waals surface area contributed by atoms with Crippen molar-refractivity contribution in [3.05, 3.63) is 65.0 Å². The van der Waals surface area contributed by atoms with Crippen LogP contribution in [0.5, 0.6) is 5.75 Å². The summed E-state index contributed by atoms with van der Waals surface area (Å²) >= 11 is 0. The quantitative estimate of drug-likeness (QED) is 0.243. The summed E-state index contributed by atoms with van der Waals surface area (Å²) < 4.78 is 19.4. The molecular weight excluding hydrogens is 383 g/mol. The zero-order valence-corrected chi connectivity index (χ0v) is 16.7. The molecule has 0 aromatic heterocycles. The van der Waals surface area contributed by atoms with E-state index in [1.165, 1.54) is 12.1 Å². The number of halogens is 1. The van der Waals surface area contributed by atoms with Crippen molar-refractivity contribution >= 4 is 23.9 Å². The number of rotatable bonds is 7. The van der Waals surface area contributed by atoms with E-state index in [-0.39, 0.29) is 11.6 Å². The maximum absolute atomic E-state index is 14.3. The number of hydrogen-bond acceptors (Lipinski definition) is 5. The van der Waals surface area contributed by atoms with Gasteiger partial charge in [0, 0.05) is 11.1 Å². The number of piperidine rings is 1. The number of aliphatic imine (C=N–C) groups is 1. The van der Waals surface area contributed by atoms with E-state index in [1.54, 1.807) is 43.8 Å². The van der Waals surface area contributed by atoms with Crippen molar-refractivity contribution in [2.45, 2.75) is 18.9 Å². The fourth-order valence-electron chi connectivity index (χ4n) is 3.28. The lowest BCUT2D eigenvalue weighted by Crippen LogP contribution is -2.30. The maximum atomic E-state index is 14.3. The number of nitrogens with one attached hydrogen (secondary N) is 2. The molecule has 0 radical (unpaired) electrons. The van der Waals surface area contributed by atoms with Crippen LogP contribution in [0.15, 0.2) is 47.5 Å². The van der Waals surface area contributed by atoms with Gasteiger partial charge < -0.3 is 15.4 Å². The second-order valence-electron chi connectivity index (χ2n) is 6.85. The summed E-state index contributed by atoms with van der Waals surface area (Å²) in [6, 6.07) is 13.3. The van der Waals surface area contributed by atoms with Gasteiger partial charge in [-0.25, -0.2) is 4.39 Å². The zero-order valence-electron chi connectivity index (χ0n) is 16.7. The molecule has 6 nitrogen and oxygen atoms in total. The largest absolute Gasteiger partial charge is 0.497 e. The van der Waals surface area contributed by atoms with Gasteiger partial charge in [-0.3, -0.25) is 9.79 Å². The Morgan fingerprint density at radius 1 is 1.23 bits per heavy atom. The van der Waals surface area contributed by atoms with Gasteiger partial charge >= 0.3 is 0 Å². The van der Waals surface area contributed by atoms with Crippen molar-refractivity contribution in [1.82, 2.24) is 10.6 Å². The normalized spacial score (nSPS) is 15.4. The van der Waals surface area contributed by atoms with Crippen LogP contribution in [0, 0.1) is 17.1 Å². The minimum absolute atomic E-state index is 0.0569. The van der Waals surface area contributed by atoms with E-state index in [9.17, 15) is 9.18 Å². The molecule has 0 aliphatic carbocycles. The topological polar surface area (TPSA) is 86.5 Å². The predicted octanol–water partition coefficient (Wildman–Crippen LogP) is 3.14. The Bertz CT molecular complexity index is 987. The van der Waals surface area contributed by atoms with Crippen LogP contribution in [0.25, 0.3) is 11.3 Å².